The third-order valence-electron chi connectivity index (χ3n) is 3.45. The van der Waals surface area contributed by atoms with E-state index in [2.05, 4.69) is 47.0 Å². The summed E-state index contributed by atoms with van der Waals surface area (Å²) in [5.74, 6) is 2.58. The van der Waals surface area contributed by atoms with Gasteiger partial charge < -0.3 is 10.2 Å². The zero-order valence-corrected chi connectivity index (χ0v) is 11.9. The maximum atomic E-state index is 4.64. The second-order valence-electron chi connectivity index (χ2n) is 5.46. The first-order valence-corrected chi connectivity index (χ1v) is 6.96. The first kappa shape index (κ1) is 13.1. The SMILES string of the molecule is CCCNc1nc(C)cc(N2CC(C)CC2C)n1. The number of rotatable bonds is 4. The summed E-state index contributed by atoms with van der Waals surface area (Å²) in [5, 5.41) is 3.28. The predicted molar refractivity (Wildman–Crippen MR) is 76.1 cm³/mol. The van der Waals surface area contributed by atoms with Crippen molar-refractivity contribution < 1.29 is 0 Å². The lowest BCUT2D eigenvalue weighted by atomic mass is 10.1. The smallest absolute Gasteiger partial charge is 0.224 e. The fourth-order valence-electron chi connectivity index (χ4n) is 2.63. The van der Waals surface area contributed by atoms with Gasteiger partial charge in [-0.2, -0.15) is 4.98 Å². The van der Waals surface area contributed by atoms with Crippen LogP contribution in [0.4, 0.5) is 11.8 Å². The summed E-state index contributed by atoms with van der Waals surface area (Å²) in [4.78, 5) is 11.5. The number of nitrogens with one attached hydrogen (secondary N) is 1. The van der Waals surface area contributed by atoms with Crippen molar-refractivity contribution >= 4 is 11.8 Å². The van der Waals surface area contributed by atoms with Crippen molar-refractivity contribution in [3.05, 3.63) is 11.8 Å². The lowest BCUT2D eigenvalue weighted by molar-refractivity contribution is 0.625. The van der Waals surface area contributed by atoms with Gasteiger partial charge in [-0.15, -0.1) is 0 Å². The molecule has 0 spiro atoms. The molecule has 1 aliphatic rings. The maximum Gasteiger partial charge on any atom is 0.224 e. The third-order valence-corrected chi connectivity index (χ3v) is 3.45. The molecular formula is C14H24N4. The highest BCUT2D eigenvalue weighted by molar-refractivity contribution is 5.46. The number of anilines is 2. The molecule has 0 saturated carbocycles. The molecule has 100 valence electrons. The standard InChI is InChI=1S/C14H24N4/c1-5-6-15-14-16-11(3)8-13(17-14)18-9-10(2)7-12(18)4/h8,10,12H,5-7,9H2,1-4H3,(H,15,16,17). The van der Waals surface area contributed by atoms with Crippen LogP contribution in [0.15, 0.2) is 6.07 Å². The molecule has 0 bridgehead atoms. The molecule has 18 heavy (non-hydrogen) atoms. The van der Waals surface area contributed by atoms with Crippen molar-refractivity contribution in [1.82, 2.24) is 9.97 Å². The Hall–Kier alpha value is -1.32. The molecule has 0 aromatic carbocycles. The molecule has 4 heteroatoms. The molecule has 4 nitrogen and oxygen atoms in total. The zero-order chi connectivity index (χ0) is 13.1. The first-order chi connectivity index (χ1) is 8.60. The summed E-state index contributed by atoms with van der Waals surface area (Å²) in [5.41, 5.74) is 1.03. The molecule has 1 aliphatic heterocycles. The molecule has 1 aromatic rings. The van der Waals surface area contributed by atoms with Gasteiger partial charge in [0, 0.05) is 30.9 Å². The summed E-state index contributed by atoms with van der Waals surface area (Å²) in [6.07, 6.45) is 2.34. The second-order valence-corrected chi connectivity index (χ2v) is 5.46. The van der Waals surface area contributed by atoms with Crippen LogP contribution < -0.4 is 10.2 Å². The van der Waals surface area contributed by atoms with Gasteiger partial charge >= 0.3 is 0 Å². The maximum absolute atomic E-state index is 4.64. The molecule has 2 heterocycles. The summed E-state index contributed by atoms with van der Waals surface area (Å²) in [6.45, 7) is 10.8. The minimum absolute atomic E-state index is 0.577. The van der Waals surface area contributed by atoms with Crippen LogP contribution in [0.3, 0.4) is 0 Å². The molecule has 1 saturated heterocycles. The first-order valence-electron chi connectivity index (χ1n) is 6.96. The zero-order valence-electron chi connectivity index (χ0n) is 11.9. The lowest BCUT2D eigenvalue weighted by Gasteiger charge is -2.23. The highest BCUT2D eigenvalue weighted by Crippen LogP contribution is 2.28. The van der Waals surface area contributed by atoms with Crippen molar-refractivity contribution in [1.29, 1.82) is 0 Å². The van der Waals surface area contributed by atoms with Gasteiger partial charge in [0.05, 0.1) is 0 Å². The van der Waals surface area contributed by atoms with Crippen LogP contribution in [0.2, 0.25) is 0 Å². The van der Waals surface area contributed by atoms with Gasteiger partial charge in [-0.1, -0.05) is 13.8 Å². The van der Waals surface area contributed by atoms with Gasteiger partial charge in [0.15, 0.2) is 0 Å². The lowest BCUT2D eigenvalue weighted by Crippen LogP contribution is -2.28. The molecular weight excluding hydrogens is 224 g/mol. The molecule has 0 aliphatic carbocycles. The van der Waals surface area contributed by atoms with E-state index in [1.54, 1.807) is 0 Å². The van der Waals surface area contributed by atoms with Crippen LogP contribution in [-0.4, -0.2) is 29.1 Å². The highest BCUT2D eigenvalue weighted by Gasteiger charge is 2.27. The fourth-order valence-corrected chi connectivity index (χ4v) is 2.63. The van der Waals surface area contributed by atoms with E-state index in [-0.39, 0.29) is 0 Å². The molecule has 2 atom stereocenters. The van der Waals surface area contributed by atoms with Crippen molar-refractivity contribution in [3.63, 3.8) is 0 Å². The normalized spacial score (nSPS) is 23.4. The Kier molecular flexibility index (Phi) is 4.04. The van der Waals surface area contributed by atoms with E-state index >= 15 is 0 Å². The van der Waals surface area contributed by atoms with Crippen molar-refractivity contribution in [3.8, 4) is 0 Å². The Bertz CT molecular complexity index is 405. The molecule has 0 amide bonds. The van der Waals surface area contributed by atoms with Gasteiger partial charge in [-0.25, -0.2) is 4.98 Å². The molecule has 1 aromatic heterocycles. The Morgan fingerprint density at radius 1 is 1.39 bits per heavy atom. The van der Waals surface area contributed by atoms with Gasteiger partial charge in [0.1, 0.15) is 5.82 Å². The number of aromatic nitrogens is 2. The number of aryl methyl sites for hydroxylation is 1. The number of hydrogen-bond donors (Lipinski definition) is 1. The third kappa shape index (κ3) is 2.92. The van der Waals surface area contributed by atoms with Crippen LogP contribution in [0.25, 0.3) is 0 Å². The quantitative estimate of drug-likeness (QED) is 0.889. The average molecular weight is 248 g/mol. The second kappa shape index (κ2) is 5.55. The van der Waals surface area contributed by atoms with E-state index in [4.69, 9.17) is 0 Å². The topological polar surface area (TPSA) is 41.1 Å². The van der Waals surface area contributed by atoms with E-state index in [0.717, 1.165) is 42.9 Å². The van der Waals surface area contributed by atoms with Crippen molar-refractivity contribution in [2.75, 3.05) is 23.3 Å². The van der Waals surface area contributed by atoms with E-state index < -0.39 is 0 Å². The van der Waals surface area contributed by atoms with Gasteiger partial charge in [-0.05, 0) is 32.6 Å². The van der Waals surface area contributed by atoms with Gasteiger partial charge in [-0.3, -0.25) is 0 Å². The van der Waals surface area contributed by atoms with E-state index in [1.165, 1.54) is 6.42 Å². The molecule has 2 rings (SSSR count). The predicted octanol–water partition coefficient (Wildman–Crippen LogP) is 2.84. The van der Waals surface area contributed by atoms with E-state index in [9.17, 15) is 0 Å². The van der Waals surface area contributed by atoms with E-state index in [1.807, 2.05) is 6.92 Å². The Balaban J connectivity index is 2.19. The van der Waals surface area contributed by atoms with Gasteiger partial charge in [0.2, 0.25) is 5.95 Å². The minimum atomic E-state index is 0.577. The summed E-state index contributed by atoms with van der Waals surface area (Å²) < 4.78 is 0. The van der Waals surface area contributed by atoms with Crippen LogP contribution in [0, 0.1) is 12.8 Å². The molecule has 2 unspecified atom stereocenters. The van der Waals surface area contributed by atoms with Crippen LogP contribution in [-0.2, 0) is 0 Å². The highest BCUT2D eigenvalue weighted by atomic mass is 15.3. The van der Waals surface area contributed by atoms with Gasteiger partial charge in [0.25, 0.3) is 0 Å². The van der Waals surface area contributed by atoms with Crippen molar-refractivity contribution in [2.24, 2.45) is 5.92 Å². The molecule has 1 N–H and O–H groups in total. The van der Waals surface area contributed by atoms with Crippen LogP contribution in [0.5, 0.6) is 0 Å². The Morgan fingerprint density at radius 3 is 2.78 bits per heavy atom. The Labute approximate surface area is 110 Å². The average Bonchev–Trinajstić information content (AvgIpc) is 2.65. The van der Waals surface area contributed by atoms with E-state index in [0.29, 0.717) is 6.04 Å². The minimum Gasteiger partial charge on any atom is -0.354 e. The monoisotopic (exact) mass is 248 g/mol. The summed E-state index contributed by atoms with van der Waals surface area (Å²) in [7, 11) is 0. The van der Waals surface area contributed by atoms with Crippen LogP contribution in [0.1, 0.15) is 39.3 Å². The van der Waals surface area contributed by atoms with Crippen LogP contribution >= 0.6 is 0 Å². The Morgan fingerprint density at radius 2 is 2.17 bits per heavy atom. The molecule has 0 radical (unpaired) electrons. The summed E-state index contributed by atoms with van der Waals surface area (Å²) >= 11 is 0. The number of nitrogens with zero attached hydrogens (tertiary/aromatic N) is 3. The fraction of sp³-hybridized carbons (Fsp3) is 0.714. The van der Waals surface area contributed by atoms with Crippen molar-refractivity contribution in [2.45, 2.75) is 46.6 Å². The molecule has 1 fully saturated rings. The largest absolute Gasteiger partial charge is 0.354 e. The summed E-state index contributed by atoms with van der Waals surface area (Å²) in [6, 6.07) is 2.67. The number of hydrogen-bond acceptors (Lipinski definition) is 4.